The summed E-state index contributed by atoms with van der Waals surface area (Å²) in [7, 11) is 0. The summed E-state index contributed by atoms with van der Waals surface area (Å²) in [6.07, 6.45) is 23.0. The standard InChI is InChI=1S/C20H32O3/c1-2-3-4-5-6-7-8-9-10-11-12-13-16-20(18-23-20)17-14-15-19(21)22/h6-7,9-10,12-13H,2-5,8,11,14-18H2,1H3,(H,21,22)/b7-6-,10-9-,13-12-. The van der Waals surface area contributed by atoms with Gasteiger partial charge in [-0.2, -0.15) is 0 Å². The van der Waals surface area contributed by atoms with Gasteiger partial charge in [0.2, 0.25) is 0 Å². The van der Waals surface area contributed by atoms with Crippen LogP contribution in [-0.2, 0) is 9.53 Å². The average Bonchev–Trinajstić information content (AvgIpc) is 3.28. The summed E-state index contributed by atoms with van der Waals surface area (Å²) in [4.78, 5) is 10.5. The van der Waals surface area contributed by atoms with E-state index in [1.54, 1.807) is 0 Å². The third-order valence-electron chi connectivity index (χ3n) is 4.08. The second kappa shape index (κ2) is 12.1. The van der Waals surface area contributed by atoms with Crippen LogP contribution in [0.1, 0.15) is 71.1 Å². The Bertz CT molecular complexity index is 403. The summed E-state index contributed by atoms with van der Waals surface area (Å²) in [5.41, 5.74) is -0.0586. The van der Waals surface area contributed by atoms with E-state index in [0.717, 1.165) is 32.3 Å². The van der Waals surface area contributed by atoms with Gasteiger partial charge in [0.05, 0.1) is 12.2 Å². The van der Waals surface area contributed by atoms with Crippen LogP contribution in [0.25, 0.3) is 0 Å². The zero-order valence-corrected chi connectivity index (χ0v) is 14.5. The molecule has 1 rings (SSSR count). The van der Waals surface area contributed by atoms with Crippen molar-refractivity contribution in [2.24, 2.45) is 0 Å². The molecule has 0 aromatic carbocycles. The van der Waals surface area contributed by atoms with Gasteiger partial charge in [-0.05, 0) is 44.9 Å². The predicted octanol–water partition coefficient (Wildman–Crippen LogP) is 5.43. The number of aliphatic carboxylic acids is 1. The van der Waals surface area contributed by atoms with Crippen molar-refractivity contribution in [3.8, 4) is 0 Å². The predicted molar refractivity (Wildman–Crippen MR) is 95.6 cm³/mol. The SMILES string of the molecule is CCCCC/C=C\C/C=C\C/C=C\CC1(CCCC(=O)O)CO1. The number of carboxylic acids is 1. The Morgan fingerprint density at radius 2 is 1.70 bits per heavy atom. The van der Waals surface area contributed by atoms with Gasteiger partial charge >= 0.3 is 5.97 Å². The number of unbranched alkanes of at least 4 members (excludes halogenated alkanes) is 3. The third-order valence-corrected chi connectivity index (χ3v) is 4.08. The Morgan fingerprint density at radius 3 is 2.30 bits per heavy atom. The molecule has 0 radical (unpaired) electrons. The van der Waals surface area contributed by atoms with Gasteiger partial charge in [0.1, 0.15) is 0 Å². The molecule has 1 fully saturated rings. The minimum absolute atomic E-state index is 0.0586. The van der Waals surface area contributed by atoms with Crippen LogP contribution in [0.2, 0.25) is 0 Å². The van der Waals surface area contributed by atoms with Gasteiger partial charge in [0.15, 0.2) is 0 Å². The summed E-state index contributed by atoms with van der Waals surface area (Å²) < 4.78 is 5.51. The normalized spacial score (nSPS) is 20.9. The molecule has 3 nitrogen and oxygen atoms in total. The van der Waals surface area contributed by atoms with E-state index >= 15 is 0 Å². The highest BCUT2D eigenvalue weighted by molar-refractivity contribution is 5.66. The average molecular weight is 320 g/mol. The summed E-state index contributed by atoms with van der Waals surface area (Å²) in [5, 5.41) is 8.65. The quantitative estimate of drug-likeness (QED) is 0.264. The van der Waals surface area contributed by atoms with Gasteiger partial charge in [0.25, 0.3) is 0 Å². The molecular weight excluding hydrogens is 288 g/mol. The van der Waals surface area contributed by atoms with Gasteiger partial charge in [-0.15, -0.1) is 0 Å². The fraction of sp³-hybridized carbons (Fsp3) is 0.650. The van der Waals surface area contributed by atoms with E-state index in [-0.39, 0.29) is 12.0 Å². The van der Waals surface area contributed by atoms with Gasteiger partial charge in [-0.3, -0.25) is 4.79 Å². The van der Waals surface area contributed by atoms with Crippen LogP contribution in [0.15, 0.2) is 36.5 Å². The number of carbonyl (C=O) groups is 1. The third kappa shape index (κ3) is 10.9. The van der Waals surface area contributed by atoms with E-state index in [2.05, 4.69) is 43.4 Å². The second-order valence-corrected chi connectivity index (χ2v) is 6.30. The number of epoxide rings is 1. The lowest BCUT2D eigenvalue weighted by Crippen LogP contribution is -2.10. The molecule has 0 spiro atoms. The van der Waals surface area contributed by atoms with E-state index in [4.69, 9.17) is 9.84 Å². The van der Waals surface area contributed by atoms with E-state index in [1.807, 2.05) is 0 Å². The Kier molecular flexibility index (Phi) is 10.4. The number of carboxylic acid groups (broad SMARTS) is 1. The molecule has 0 aliphatic carbocycles. The zero-order valence-electron chi connectivity index (χ0n) is 14.5. The van der Waals surface area contributed by atoms with Crippen molar-refractivity contribution in [3.05, 3.63) is 36.5 Å². The topological polar surface area (TPSA) is 49.8 Å². The van der Waals surface area contributed by atoms with Crippen LogP contribution in [0.5, 0.6) is 0 Å². The largest absolute Gasteiger partial charge is 0.481 e. The van der Waals surface area contributed by atoms with Gasteiger partial charge < -0.3 is 9.84 Å². The monoisotopic (exact) mass is 320 g/mol. The number of rotatable bonds is 14. The van der Waals surface area contributed by atoms with Crippen molar-refractivity contribution < 1.29 is 14.6 Å². The lowest BCUT2D eigenvalue weighted by Gasteiger charge is -2.07. The summed E-state index contributed by atoms with van der Waals surface area (Å²) in [5.74, 6) is -0.721. The Hall–Kier alpha value is -1.35. The van der Waals surface area contributed by atoms with Gasteiger partial charge in [-0.1, -0.05) is 56.2 Å². The molecule has 1 aliphatic heterocycles. The summed E-state index contributed by atoms with van der Waals surface area (Å²) in [6.45, 7) is 3.00. The first-order valence-electron chi connectivity index (χ1n) is 8.99. The Labute approximate surface area is 141 Å². The molecule has 0 amide bonds. The van der Waals surface area contributed by atoms with Gasteiger partial charge in [-0.25, -0.2) is 0 Å². The first-order valence-corrected chi connectivity index (χ1v) is 8.99. The summed E-state index contributed by atoms with van der Waals surface area (Å²) in [6, 6.07) is 0. The van der Waals surface area contributed by atoms with Crippen LogP contribution in [0, 0.1) is 0 Å². The van der Waals surface area contributed by atoms with E-state index in [1.165, 1.54) is 25.7 Å². The van der Waals surface area contributed by atoms with E-state index < -0.39 is 5.97 Å². The maximum absolute atomic E-state index is 10.5. The molecule has 0 aromatic heterocycles. The van der Waals surface area contributed by atoms with Crippen molar-refractivity contribution in [3.63, 3.8) is 0 Å². The highest BCUT2D eigenvalue weighted by atomic mass is 16.6. The first-order chi connectivity index (χ1) is 11.2. The molecule has 23 heavy (non-hydrogen) atoms. The molecule has 1 heterocycles. The fourth-order valence-electron chi connectivity index (χ4n) is 2.50. The van der Waals surface area contributed by atoms with E-state index in [0.29, 0.717) is 6.42 Å². The van der Waals surface area contributed by atoms with Gasteiger partial charge in [0, 0.05) is 6.42 Å². The zero-order chi connectivity index (χ0) is 16.8. The van der Waals surface area contributed by atoms with Crippen LogP contribution >= 0.6 is 0 Å². The number of hydrogen-bond donors (Lipinski definition) is 1. The minimum atomic E-state index is -0.721. The maximum atomic E-state index is 10.5. The number of hydrogen-bond acceptors (Lipinski definition) is 2. The molecule has 1 unspecified atom stereocenters. The lowest BCUT2D eigenvalue weighted by atomic mass is 9.99. The molecule has 1 N–H and O–H groups in total. The number of allylic oxidation sites excluding steroid dienone is 5. The molecule has 1 saturated heterocycles. The minimum Gasteiger partial charge on any atom is -0.481 e. The molecule has 130 valence electrons. The van der Waals surface area contributed by atoms with Crippen molar-refractivity contribution in [2.45, 2.75) is 76.7 Å². The fourth-order valence-corrected chi connectivity index (χ4v) is 2.50. The van der Waals surface area contributed by atoms with Crippen LogP contribution in [0.4, 0.5) is 0 Å². The second-order valence-electron chi connectivity index (χ2n) is 6.30. The lowest BCUT2D eigenvalue weighted by molar-refractivity contribution is -0.137. The van der Waals surface area contributed by atoms with Crippen molar-refractivity contribution >= 4 is 5.97 Å². The van der Waals surface area contributed by atoms with E-state index in [9.17, 15) is 4.79 Å². The van der Waals surface area contributed by atoms with Crippen molar-refractivity contribution in [1.29, 1.82) is 0 Å². The Morgan fingerprint density at radius 1 is 1.04 bits per heavy atom. The maximum Gasteiger partial charge on any atom is 0.303 e. The molecule has 1 aliphatic rings. The molecule has 0 saturated carbocycles. The smallest absolute Gasteiger partial charge is 0.303 e. The molecule has 0 bridgehead atoms. The highest BCUT2D eigenvalue weighted by Gasteiger charge is 2.42. The molecule has 1 atom stereocenters. The van der Waals surface area contributed by atoms with Crippen LogP contribution in [-0.4, -0.2) is 23.3 Å². The van der Waals surface area contributed by atoms with Crippen LogP contribution < -0.4 is 0 Å². The first kappa shape index (κ1) is 19.7. The summed E-state index contributed by atoms with van der Waals surface area (Å²) >= 11 is 0. The number of ether oxygens (including phenoxy) is 1. The molecular formula is C20H32O3. The molecule has 0 aromatic rings. The van der Waals surface area contributed by atoms with Crippen LogP contribution in [0.3, 0.4) is 0 Å². The van der Waals surface area contributed by atoms with Crippen molar-refractivity contribution in [1.82, 2.24) is 0 Å². The Balaban J connectivity index is 2.01. The highest BCUT2D eigenvalue weighted by Crippen LogP contribution is 2.36. The molecule has 3 heteroatoms. The van der Waals surface area contributed by atoms with Crippen molar-refractivity contribution in [2.75, 3.05) is 6.61 Å².